The van der Waals surface area contributed by atoms with Gasteiger partial charge in [0, 0.05) is 11.4 Å². The lowest BCUT2D eigenvalue weighted by Crippen LogP contribution is -2.13. The fourth-order valence-electron chi connectivity index (χ4n) is 2.22. The molecule has 140 valence electrons. The van der Waals surface area contributed by atoms with Crippen LogP contribution in [0.25, 0.3) is 0 Å². The number of anilines is 3. The Hall–Kier alpha value is -2.16. The van der Waals surface area contributed by atoms with E-state index in [2.05, 4.69) is 33.8 Å². The molecule has 0 saturated carbocycles. The van der Waals surface area contributed by atoms with E-state index in [1.54, 1.807) is 0 Å². The van der Waals surface area contributed by atoms with Gasteiger partial charge in [-0.25, -0.2) is 4.39 Å². The molecule has 5 nitrogen and oxygen atoms in total. The van der Waals surface area contributed by atoms with E-state index in [-0.39, 0.29) is 16.7 Å². The summed E-state index contributed by atoms with van der Waals surface area (Å²) in [6, 6.07) is 10.1. The van der Waals surface area contributed by atoms with Gasteiger partial charge >= 0.3 is 0 Å². The fraction of sp³-hybridized carbons (Fsp3) is 0.167. The van der Waals surface area contributed by atoms with Crippen molar-refractivity contribution in [2.24, 2.45) is 0 Å². The van der Waals surface area contributed by atoms with Gasteiger partial charge in [0.2, 0.25) is 11.0 Å². The number of nitrogens with zero attached hydrogens (tertiary/aromatic N) is 2. The number of nitrogens with one attached hydrogen (secondary N) is 2. The number of carbonyl (C=O) groups is 1. The van der Waals surface area contributed by atoms with E-state index in [0.717, 1.165) is 11.3 Å². The minimum Gasteiger partial charge on any atom is -0.330 e. The quantitative estimate of drug-likeness (QED) is 0.519. The molecular formula is C18H16ClFN4OS2. The highest BCUT2D eigenvalue weighted by atomic mass is 35.5. The van der Waals surface area contributed by atoms with Crippen molar-refractivity contribution in [1.29, 1.82) is 0 Å². The lowest BCUT2D eigenvalue weighted by molar-refractivity contribution is -0.113. The molecule has 0 aliphatic rings. The fourth-order valence-corrected chi connectivity index (χ4v) is 3.96. The summed E-state index contributed by atoms with van der Waals surface area (Å²) >= 11 is 8.36. The van der Waals surface area contributed by atoms with Crippen LogP contribution in [0.1, 0.15) is 11.1 Å². The smallest absolute Gasteiger partial charge is 0.234 e. The van der Waals surface area contributed by atoms with Crippen molar-refractivity contribution in [2.75, 3.05) is 16.4 Å². The molecule has 0 unspecified atom stereocenters. The first kappa shape index (κ1) is 19.6. The summed E-state index contributed by atoms with van der Waals surface area (Å²) in [5.41, 5.74) is 3.77. The van der Waals surface area contributed by atoms with Gasteiger partial charge < -0.3 is 10.6 Å². The topological polar surface area (TPSA) is 66.9 Å². The van der Waals surface area contributed by atoms with E-state index in [1.807, 2.05) is 19.1 Å². The van der Waals surface area contributed by atoms with Crippen LogP contribution in [0.3, 0.4) is 0 Å². The Kier molecular flexibility index (Phi) is 6.30. The number of halogens is 2. The minimum atomic E-state index is -0.526. The molecule has 2 aromatic carbocycles. The lowest BCUT2D eigenvalue weighted by Gasteiger charge is -2.08. The normalized spacial score (nSPS) is 10.7. The van der Waals surface area contributed by atoms with Crippen molar-refractivity contribution in [3.8, 4) is 0 Å². The summed E-state index contributed by atoms with van der Waals surface area (Å²) in [4.78, 5) is 12.0. The van der Waals surface area contributed by atoms with Gasteiger partial charge in [-0.15, -0.1) is 10.2 Å². The van der Waals surface area contributed by atoms with Crippen LogP contribution in [-0.4, -0.2) is 21.9 Å². The number of amides is 1. The second-order valence-corrected chi connectivity index (χ2v) is 8.32. The summed E-state index contributed by atoms with van der Waals surface area (Å²) in [5, 5.41) is 14.8. The first-order chi connectivity index (χ1) is 12.9. The molecule has 0 aliphatic heterocycles. The van der Waals surface area contributed by atoms with E-state index < -0.39 is 5.82 Å². The van der Waals surface area contributed by atoms with Crippen molar-refractivity contribution >= 4 is 57.1 Å². The van der Waals surface area contributed by atoms with Gasteiger partial charge in [-0.1, -0.05) is 46.8 Å². The van der Waals surface area contributed by atoms with Crippen LogP contribution >= 0.6 is 34.7 Å². The number of thioether (sulfide) groups is 1. The average Bonchev–Trinajstić information content (AvgIpc) is 3.08. The second-order valence-electron chi connectivity index (χ2n) is 5.71. The molecule has 2 N–H and O–H groups in total. The van der Waals surface area contributed by atoms with E-state index in [0.29, 0.717) is 15.2 Å². The molecule has 0 radical (unpaired) electrons. The van der Waals surface area contributed by atoms with E-state index >= 15 is 0 Å². The molecule has 0 saturated heterocycles. The molecule has 0 bridgehead atoms. The average molecular weight is 423 g/mol. The molecule has 1 aromatic heterocycles. The number of carbonyl (C=O) groups excluding carboxylic acids is 1. The number of hydrogen-bond acceptors (Lipinski definition) is 6. The number of rotatable bonds is 6. The third kappa shape index (κ3) is 5.18. The van der Waals surface area contributed by atoms with Crippen LogP contribution in [0.2, 0.25) is 5.02 Å². The number of aryl methyl sites for hydroxylation is 1. The highest BCUT2D eigenvalue weighted by Crippen LogP contribution is 2.29. The van der Waals surface area contributed by atoms with Crippen molar-refractivity contribution < 1.29 is 9.18 Å². The summed E-state index contributed by atoms with van der Waals surface area (Å²) in [7, 11) is 0. The van der Waals surface area contributed by atoms with Crippen molar-refractivity contribution in [3.63, 3.8) is 0 Å². The zero-order chi connectivity index (χ0) is 19.4. The summed E-state index contributed by atoms with van der Waals surface area (Å²) in [5.74, 6) is -0.601. The van der Waals surface area contributed by atoms with Crippen molar-refractivity contribution in [2.45, 2.75) is 18.2 Å². The molecule has 0 spiro atoms. The van der Waals surface area contributed by atoms with Crippen molar-refractivity contribution in [3.05, 3.63) is 58.4 Å². The molecule has 27 heavy (non-hydrogen) atoms. The van der Waals surface area contributed by atoms with Gasteiger partial charge in [-0.05, 0) is 49.2 Å². The summed E-state index contributed by atoms with van der Waals surface area (Å²) < 4.78 is 13.8. The minimum absolute atomic E-state index is 0.0354. The van der Waals surface area contributed by atoms with E-state index in [4.69, 9.17) is 11.6 Å². The molecule has 1 heterocycles. The Morgan fingerprint density at radius 3 is 2.85 bits per heavy atom. The first-order valence-electron chi connectivity index (χ1n) is 7.97. The lowest BCUT2D eigenvalue weighted by atomic mass is 10.1. The van der Waals surface area contributed by atoms with Crippen molar-refractivity contribution in [1.82, 2.24) is 10.2 Å². The Morgan fingerprint density at radius 2 is 2.07 bits per heavy atom. The maximum Gasteiger partial charge on any atom is 0.234 e. The monoisotopic (exact) mass is 422 g/mol. The van der Waals surface area contributed by atoms with E-state index in [9.17, 15) is 9.18 Å². The Labute approximate surface area is 169 Å². The van der Waals surface area contributed by atoms with Crippen LogP contribution in [-0.2, 0) is 4.79 Å². The first-order valence-corrected chi connectivity index (χ1v) is 10.1. The van der Waals surface area contributed by atoms with Gasteiger partial charge in [0.15, 0.2) is 4.34 Å². The molecule has 0 fully saturated rings. The molecule has 3 rings (SSSR count). The van der Waals surface area contributed by atoms with Crippen LogP contribution in [0, 0.1) is 19.7 Å². The number of hydrogen-bond donors (Lipinski definition) is 2. The molecular weight excluding hydrogens is 407 g/mol. The van der Waals surface area contributed by atoms with Crippen LogP contribution in [0.4, 0.5) is 20.9 Å². The zero-order valence-electron chi connectivity index (χ0n) is 14.5. The van der Waals surface area contributed by atoms with Gasteiger partial charge in [0.25, 0.3) is 0 Å². The van der Waals surface area contributed by atoms with Gasteiger partial charge in [-0.2, -0.15) is 0 Å². The molecule has 9 heteroatoms. The Morgan fingerprint density at radius 1 is 1.26 bits per heavy atom. The Bertz CT molecular complexity index is 980. The van der Waals surface area contributed by atoms with Gasteiger partial charge in [0.05, 0.1) is 10.8 Å². The predicted octanol–water partition coefficient (Wildman–Crippen LogP) is 5.42. The van der Waals surface area contributed by atoms with E-state index in [1.165, 1.54) is 46.9 Å². The molecule has 0 atom stereocenters. The SMILES string of the molecule is Cc1cccc(Nc2nnc(SCC(=O)Nc3ccc(F)c(Cl)c3)s2)c1C. The van der Waals surface area contributed by atoms with Crippen LogP contribution < -0.4 is 10.6 Å². The molecule has 1 amide bonds. The van der Waals surface area contributed by atoms with Gasteiger partial charge in [0.1, 0.15) is 5.82 Å². The number of aromatic nitrogens is 2. The zero-order valence-corrected chi connectivity index (χ0v) is 16.9. The van der Waals surface area contributed by atoms with Crippen LogP contribution in [0.5, 0.6) is 0 Å². The highest BCUT2D eigenvalue weighted by Gasteiger charge is 2.10. The van der Waals surface area contributed by atoms with Gasteiger partial charge in [-0.3, -0.25) is 4.79 Å². The third-order valence-corrected chi connectivity index (χ3v) is 6.04. The predicted molar refractivity (Wildman–Crippen MR) is 110 cm³/mol. The largest absolute Gasteiger partial charge is 0.330 e. The van der Waals surface area contributed by atoms with Crippen LogP contribution in [0.15, 0.2) is 40.7 Å². The molecule has 0 aliphatic carbocycles. The third-order valence-electron chi connectivity index (χ3n) is 3.78. The summed E-state index contributed by atoms with van der Waals surface area (Å²) in [6.45, 7) is 4.09. The number of benzene rings is 2. The Balaban J connectivity index is 1.55. The highest BCUT2D eigenvalue weighted by molar-refractivity contribution is 8.01. The summed E-state index contributed by atoms with van der Waals surface area (Å²) in [6.07, 6.45) is 0. The standard InChI is InChI=1S/C18H16ClFN4OS2/c1-10-4-3-5-15(11(10)2)22-17-23-24-18(27-17)26-9-16(25)21-12-6-7-14(20)13(19)8-12/h3-8H,9H2,1-2H3,(H,21,25)(H,22,23). The maximum absolute atomic E-state index is 13.1. The second kappa shape index (κ2) is 8.69. The molecule has 3 aromatic rings. The maximum atomic E-state index is 13.1.